The average Bonchev–Trinajstić information content (AvgIpc) is 3.26. The molecule has 2 atom stereocenters. The summed E-state index contributed by atoms with van der Waals surface area (Å²) in [6.07, 6.45) is 3.77. The first-order valence-corrected chi connectivity index (χ1v) is 8.49. The zero-order valence-corrected chi connectivity index (χ0v) is 13.6. The first-order chi connectivity index (χ1) is 11.0. The monoisotopic (exact) mass is 320 g/mol. The Morgan fingerprint density at radius 2 is 2.04 bits per heavy atom. The summed E-state index contributed by atoms with van der Waals surface area (Å²) in [5.41, 5.74) is 0.739. The van der Waals surface area contributed by atoms with Crippen LogP contribution in [0.5, 0.6) is 0 Å². The molecule has 2 aliphatic rings. The van der Waals surface area contributed by atoms with Crippen molar-refractivity contribution in [2.24, 2.45) is 0 Å². The number of hydrogen-bond acceptors (Lipinski definition) is 3. The van der Waals surface area contributed by atoms with Crippen LogP contribution < -0.4 is 0 Å². The highest BCUT2D eigenvalue weighted by atomic mass is 19.1. The third kappa shape index (κ3) is 4.09. The molecule has 0 bridgehead atoms. The molecule has 0 radical (unpaired) electrons. The third-order valence-corrected chi connectivity index (χ3v) is 4.96. The average molecular weight is 320 g/mol. The van der Waals surface area contributed by atoms with Crippen molar-refractivity contribution in [3.8, 4) is 0 Å². The summed E-state index contributed by atoms with van der Waals surface area (Å²) in [7, 11) is 0. The lowest BCUT2D eigenvalue weighted by Crippen LogP contribution is -2.44. The Bertz CT molecular complexity index is 544. The fourth-order valence-corrected chi connectivity index (χ4v) is 3.50. The van der Waals surface area contributed by atoms with E-state index >= 15 is 0 Å². The van der Waals surface area contributed by atoms with Gasteiger partial charge in [-0.05, 0) is 49.9 Å². The van der Waals surface area contributed by atoms with E-state index in [4.69, 9.17) is 0 Å². The van der Waals surface area contributed by atoms with Gasteiger partial charge in [-0.25, -0.2) is 4.39 Å². The Hall–Kier alpha value is -1.46. The van der Waals surface area contributed by atoms with Gasteiger partial charge in [0.25, 0.3) is 0 Å². The second kappa shape index (κ2) is 6.97. The fraction of sp³-hybridized carbons (Fsp3) is 0.611. The first kappa shape index (κ1) is 16.4. The van der Waals surface area contributed by atoms with Gasteiger partial charge in [0.15, 0.2) is 0 Å². The number of halogens is 1. The molecular weight excluding hydrogens is 295 g/mol. The van der Waals surface area contributed by atoms with Crippen LogP contribution >= 0.6 is 0 Å². The van der Waals surface area contributed by atoms with Crippen molar-refractivity contribution in [2.45, 2.75) is 50.8 Å². The smallest absolute Gasteiger partial charge is 0.219 e. The highest BCUT2D eigenvalue weighted by Gasteiger charge is 2.35. The topological polar surface area (TPSA) is 43.8 Å². The van der Waals surface area contributed by atoms with Crippen molar-refractivity contribution in [2.75, 3.05) is 19.6 Å². The summed E-state index contributed by atoms with van der Waals surface area (Å²) in [4.78, 5) is 16.1. The van der Waals surface area contributed by atoms with Gasteiger partial charge in [0.2, 0.25) is 5.91 Å². The van der Waals surface area contributed by atoms with Gasteiger partial charge in [-0.2, -0.15) is 0 Å². The summed E-state index contributed by atoms with van der Waals surface area (Å²) in [6.45, 7) is 3.88. The molecule has 1 aromatic carbocycles. The lowest BCUT2D eigenvalue weighted by atomic mass is 10.1. The summed E-state index contributed by atoms with van der Waals surface area (Å²) in [5.74, 6) is -0.139. The number of aliphatic hydroxyl groups excluding tert-OH is 1. The third-order valence-electron chi connectivity index (χ3n) is 4.96. The first-order valence-electron chi connectivity index (χ1n) is 8.49. The van der Waals surface area contributed by atoms with Gasteiger partial charge in [-0.15, -0.1) is 0 Å². The van der Waals surface area contributed by atoms with E-state index < -0.39 is 6.10 Å². The molecule has 1 heterocycles. The largest absolute Gasteiger partial charge is 0.387 e. The van der Waals surface area contributed by atoms with Crippen molar-refractivity contribution in [3.05, 3.63) is 35.6 Å². The number of hydrogen-bond donors (Lipinski definition) is 1. The highest BCUT2D eigenvalue weighted by Crippen LogP contribution is 2.30. The zero-order chi connectivity index (χ0) is 16.4. The number of nitrogens with zero attached hydrogens (tertiary/aromatic N) is 2. The highest BCUT2D eigenvalue weighted by molar-refractivity contribution is 5.74. The number of β-amino-alcohol motifs (C(OH)–C–C–N with tert-alkyl or cyclic N) is 1. The molecule has 1 aliphatic carbocycles. The van der Waals surface area contributed by atoms with Crippen molar-refractivity contribution in [1.82, 2.24) is 9.80 Å². The summed E-state index contributed by atoms with van der Waals surface area (Å²) in [6, 6.07) is 6.77. The molecule has 5 heteroatoms. The number of carbonyl (C=O) groups excluding carboxylic acids is 1. The molecule has 1 saturated heterocycles. The van der Waals surface area contributed by atoms with E-state index in [1.165, 1.54) is 12.1 Å². The fourth-order valence-electron chi connectivity index (χ4n) is 3.50. The molecular formula is C18H25FN2O2. The number of aliphatic hydroxyl groups is 1. The van der Waals surface area contributed by atoms with Crippen LogP contribution in [0.15, 0.2) is 24.3 Å². The minimum atomic E-state index is -0.622. The molecule has 3 rings (SSSR count). The Kier molecular flexibility index (Phi) is 4.97. The van der Waals surface area contributed by atoms with Gasteiger partial charge >= 0.3 is 0 Å². The molecule has 1 aliphatic heterocycles. The van der Waals surface area contributed by atoms with E-state index in [0.29, 0.717) is 18.6 Å². The minimum Gasteiger partial charge on any atom is -0.387 e. The second-order valence-electron chi connectivity index (χ2n) is 6.76. The van der Waals surface area contributed by atoms with Gasteiger partial charge in [0, 0.05) is 32.1 Å². The molecule has 4 nitrogen and oxygen atoms in total. The molecule has 0 unspecified atom stereocenters. The summed E-state index contributed by atoms with van der Waals surface area (Å²) < 4.78 is 13.0. The standard InChI is InChI=1S/C18H25FN2O2/c1-13(22)21(16-8-9-16)11-17-3-2-10-20(17)12-18(23)14-4-6-15(19)7-5-14/h4-7,16-18,23H,2-3,8-12H2,1H3/t17-,18-/m1/s1. The summed E-state index contributed by atoms with van der Waals surface area (Å²) >= 11 is 0. The molecule has 0 aromatic heterocycles. The van der Waals surface area contributed by atoms with Gasteiger partial charge < -0.3 is 10.0 Å². The van der Waals surface area contributed by atoms with E-state index in [2.05, 4.69) is 4.90 Å². The maximum Gasteiger partial charge on any atom is 0.219 e. The maximum atomic E-state index is 13.0. The van der Waals surface area contributed by atoms with E-state index in [1.807, 2.05) is 4.90 Å². The maximum absolute atomic E-state index is 13.0. The zero-order valence-electron chi connectivity index (χ0n) is 13.6. The second-order valence-corrected chi connectivity index (χ2v) is 6.76. The molecule has 1 amide bonds. The minimum absolute atomic E-state index is 0.151. The van der Waals surface area contributed by atoms with Crippen LogP contribution in [-0.2, 0) is 4.79 Å². The number of amides is 1. The quantitative estimate of drug-likeness (QED) is 0.875. The predicted molar refractivity (Wildman–Crippen MR) is 86.4 cm³/mol. The SMILES string of the molecule is CC(=O)N(C[C@H]1CCCN1C[C@@H](O)c1ccc(F)cc1)C1CC1. The van der Waals surface area contributed by atoms with Crippen LogP contribution in [0.3, 0.4) is 0 Å². The number of carbonyl (C=O) groups is 1. The lowest BCUT2D eigenvalue weighted by Gasteiger charge is -2.31. The Balaban J connectivity index is 1.59. The van der Waals surface area contributed by atoms with Gasteiger partial charge in [0.05, 0.1) is 6.10 Å². The van der Waals surface area contributed by atoms with Crippen LogP contribution in [0.4, 0.5) is 4.39 Å². The molecule has 1 aromatic rings. The van der Waals surface area contributed by atoms with Crippen LogP contribution in [-0.4, -0.2) is 52.5 Å². The number of likely N-dealkylation sites (tertiary alicyclic amines) is 1. The normalized spacial score (nSPS) is 23.0. The lowest BCUT2D eigenvalue weighted by molar-refractivity contribution is -0.130. The molecule has 1 saturated carbocycles. The van der Waals surface area contributed by atoms with Crippen molar-refractivity contribution < 1.29 is 14.3 Å². The Morgan fingerprint density at radius 1 is 1.35 bits per heavy atom. The molecule has 1 N–H and O–H groups in total. The number of rotatable bonds is 6. The molecule has 2 fully saturated rings. The van der Waals surface area contributed by atoms with E-state index in [1.54, 1.807) is 19.1 Å². The van der Waals surface area contributed by atoms with E-state index in [9.17, 15) is 14.3 Å². The van der Waals surface area contributed by atoms with Crippen LogP contribution in [0, 0.1) is 5.82 Å². The van der Waals surface area contributed by atoms with E-state index in [-0.39, 0.29) is 11.7 Å². The van der Waals surface area contributed by atoms with Crippen LogP contribution in [0.1, 0.15) is 44.3 Å². The Labute approximate surface area is 136 Å². The molecule has 0 spiro atoms. The molecule has 23 heavy (non-hydrogen) atoms. The number of benzene rings is 1. The Morgan fingerprint density at radius 3 is 2.65 bits per heavy atom. The summed E-state index contributed by atoms with van der Waals surface area (Å²) in [5, 5.41) is 10.4. The van der Waals surface area contributed by atoms with Crippen molar-refractivity contribution >= 4 is 5.91 Å². The predicted octanol–water partition coefficient (Wildman–Crippen LogP) is 2.33. The van der Waals surface area contributed by atoms with Crippen LogP contribution in [0.25, 0.3) is 0 Å². The van der Waals surface area contributed by atoms with Gasteiger partial charge in [0.1, 0.15) is 5.82 Å². The van der Waals surface area contributed by atoms with Crippen molar-refractivity contribution in [3.63, 3.8) is 0 Å². The van der Waals surface area contributed by atoms with Crippen molar-refractivity contribution in [1.29, 1.82) is 0 Å². The van der Waals surface area contributed by atoms with Crippen LogP contribution in [0.2, 0.25) is 0 Å². The van der Waals surface area contributed by atoms with Gasteiger partial charge in [-0.1, -0.05) is 12.1 Å². The molecule has 126 valence electrons. The van der Waals surface area contributed by atoms with E-state index in [0.717, 1.165) is 44.3 Å². The van der Waals surface area contributed by atoms with Gasteiger partial charge in [-0.3, -0.25) is 9.69 Å².